The van der Waals surface area contributed by atoms with Crippen LogP contribution in [0.5, 0.6) is 0 Å². The van der Waals surface area contributed by atoms with Crippen LogP contribution in [0.3, 0.4) is 0 Å². The zero-order valence-electron chi connectivity index (χ0n) is 13.9. The highest BCUT2D eigenvalue weighted by molar-refractivity contribution is 8.13. The lowest BCUT2D eigenvalue weighted by Gasteiger charge is -2.11. The summed E-state index contributed by atoms with van der Waals surface area (Å²) in [5, 5.41) is 3.05. The molecule has 0 fully saturated rings. The molecule has 0 saturated carbocycles. The number of thioether (sulfide) groups is 1. The molecule has 1 rings (SSSR count). The maximum absolute atomic E-state index is 12.0. The Bertz CT molecular complexity index is 486. The van der Waals surface area contributed by atoms with E-state index in [1.54, 1.807) is 0 Å². The van der Waals surface area contributed by atoms with Crippen molar-refractivity contribution in [3.8, 4) is 0 Å². The third-order valence-electron chi connectivity index (χ3n) is 3.35. The van der Waals surface area contributed by atoms with E-state index in [1.807, 2.05) is 38.1 Å². The SMILES string of the molecule is CCCCCCCC(=O)Nc1ccccc1SC(=O)C(C)C. The molecule has 3 nitrogen and oxygen atoms in total. The first kappa shape index (κ1) is 18.8. The number of rotatable bonds is 9. The van der Waals surface area contributed by atoms with E-state index in [-0.39, 0.29) is 16.9 Å². The number of nitrogens with one attached hydrogen (secondary N) is 1. The quantitative estimate of drug-likeness (QED) is 0.498. The number of benzene rings is 1. The van der Waals surface area contributed by atoms with Crippen LogP contribution in [0.25, 0.3) is 0 Å². The Labute approximate surface area is 138 Å². The van der Waals surface area contributed by atoms with Crippen molar-refractivity contribution in [2.75, 3.05) is 5.32 Å². The van der Waals surface area contributed by atoms with Gasteiger partial charge in [-0.15, -0.1) is 0 Å². The number of anilines is 1. The van der Waals surface area contributed by atoms with Crippen molar-refractivity contribution in [3.05, 3.63) is 24.3 Å². The summed E-state index contributed by atoms with van der Waals surface area (Å²) in [6.45, 7) is 5.94. The number of carbonyl (C=O) groups is 2. The molecule has 0 unspecified atom stereocenters. The summed E-state index contributed by atoms with van der Waals surface area (Å²) in [6, 6.07) is 7.49. The molecule has 0 aliphatic rings. The first-order valence-corrected chi connectivity index (χ1v) is 8.96. The van der Waals surface area contributed by atoms with Gasteiger partial charge in [0.05, 0.1) is 5.69 Å². The van der Waals surface area contributed by atoms with Crippen LogP contribution in [0, 0.1) is 5.92 Å². The fourth-order valence-electron chi connectivity index (χ4n) is 1.99. The summed E-state index contributed by atoms with van der Waals surface area (Å²) in [6.07, 6.45) is 6.20. The minimum absolute atomic E-state index is 0.0210. The van der Waals surface area contributed by atoms with Gasteiger partial charge in [0, 0.05) is 17.2 Å². The topological polar surface area (TPSA) is 46.2 Å². The van der Waals surface area contributed by atoms with Crippen LogP contribution in [-0.4, -0.2) is 11.0 Å². The Balaban J connectivity index is 2.51. The molecule has 22 heavy (non-hydrogen) atoms. The Kier molecular flexibility index (Phi) is 8.90. The second kappa shape index (κ2) is 10.4. The zero-order chi connectivity index (χ0) is 16.4. The lowest BCUT2D eigenvalue weighted by Crippen LogP contribution is -2.12. The van der Waals surface area contributed by atoms with Gasteiger partial charge in [-0.2, -0.15) is 0 Å². The van der Waals surface area contributed by atoms with Crippen molar-refractivity contribution in [3.63, 3.8) is 0 Å². The second-order valence-electron chi connectivity index (χ2n) is 5.78. The van der Waals surface area contributed by atoms with Gasteiger partial charge in [-0.05, 0) is 30.3 Å². The van der Waals surface area contributed by atoms with Crippen LogP contribution in [0.1, 0.15) is 59.3 Å². The number of para-hydroxylation sites is 1. The third kappa shape index (κ3) is 7.12. The van der Waals surface area contributed by atoms with Crippen molar-refractivity contribution < 1.29 is 9.59 Å². The molecule has 1 amide bonds. The van der Waals surface area contributed by atoms with Gasteiger partial charge < -0.3 is 5.32 Å². The summed E-state index contributed by atoms with van der Waals surface area (Å²) in [5.74, 6) is 0.00821. The van der Waals surface area contributed by atoms with Gasteiger partial charge in [-0.25, -0.2) is 0 Å². The Hall–Kier alpha value is -1.29. The molecule has 122 valence electrons. The molecule has 4 heteroatoms. The number of carbonyl (C=O) groups excluding carboxylic acids is 2. The zero-order valence-corrected chi connectivity index (χ0v) is 14.7. The van der Waals surface area contributed by atoms with E-state index in [9.17, 15) is 9.59 Å². The maximum atomic E-state index is 12.0. The summed E-state index contributed by atoms with van der Waals surface area (Å²) >= 11 is 1.20. The van der Waals surface area contributed by atoms with E-state index in [1.165, 1.54) is 31.0 Å². The van der Waals surface area contributed by atoms with Gasteiger partial charge in [0.15, 0.2) is 5.12 Å². The van der Waals surface area contributed by atoms with Crippen molar-refractivity contribution in [2.24, 2.45) is 5.92 Å². The number of unbranched alkanes of at least 4 members (excludes halogenated alkanes) is 4. The van der Waals surface area contributed by atoms with E-state index >= 15 is 0 Å². The molecular formula is C18H27NO2S. The normalized spacial score (nSPS) is 10.7. The Morgan fingerprint density at radius 3 is 2.45 bits per heavy atom. The molecule has 1 aromatic rings. The van der Waals surface area contributed by atoms with Gasteiger partial charge in [0.2, 0.25) is 5.91 Å². The lowest BCUT2D eigenvalue weighted by atomic mass is 10.1. The smallest absolute Gasteiger partial charge is 0.224 e. The van der Waals surface area contributed by atoms with E-state index in [2.05, 4.69) is 12.2 Å². The Morgan fingerprint density at radius 1 is 1.09 bits per heavy atom. The Morgan fingerprint density at radius 2 is 1.77 bits per heavy atom. The van der Waals surface area contributed by atoms with Crippen LogP contribution in [-0.2, 0) is 9.59 Å². The van der Waals surface area contributed by atoms with Crippen molar-refractivity contribution in [1.29, 1.82) is 0 Å². The molecule has 0 bridgehead atoms. The van der Waals surface area contributed by atoms with E-state index in [0.29, 0.717) is 6.42 Å². The van der Waals surface area contributed by atoms with E-state index in [4.69, 9.17) is 0 Å². The van der Waals surface area contributed by atoms with Gasteiger partial charge in [-0.1, -0.05) is 58.6 Å². The molecule has 0 aromatic heterocycles. The van der Waals surface area contributed by atoms with Crippen molar-refractivity contribution >= 4 is 28.5 Å². The molecule has 0 aliphatic heterocycles. The van der Waals surface area contributed by atoms with Crippen LogP contribution >= 0.6 is 11.8 Å². The van der Waals surface area contributed by atoms with Crippen LogP contribution in [0.4, 0.5) is 5.69 Å². The molecular weight excluding hydrogens is 294 g/mol. The average molecular weight is 321 g/mol. The van der Waals surface area contributed by atoms with Crippen LogP contribution in [0.15, 0.2) is 29.2 Å². The van der Waals surface area contributed by atoms with Gasteiger partial charge >= 0.3 is 0 Å². The van der Waals surface area contributed by atoms with Crippen molar-refractivity contribution in [2.45, 2.75) is 64.2 Å². The lowest BCUT2D eigenvalue weighted by molar-refractivity contribution is -0.116. The summed E-state index contributed by atoms with van der Waals surface area (Å²) in [7, 11) is 0. The van der Waals surface area contributed by atoms with Crippen LogP contribution in [0.2, 0.25) is 0 Å². The molecule has 0 aliphatic carbocycles. The first-order valence-electron chi connectivity index (χ1n) is 8.15. The van der Waals surface area contributed by atoms with E-state index < -0.39 is 0 Å². The fourth-order valence-corrected chi connectivity index (χ4v) is 2.82. The predicted molar refractivity (Wildman–Crippen MR) is 94.1 cm³/mol. The van der Waals surface area contributed by atoms with Gasteiger partial charge in [-0.3, -0.25) is 9.59 Å². The van der Waals surface area contributed by atoms with E-state index in [0.717, 1.165) is 23.4 Å². The molecule has 0 atom stereocenters. The maximum Gasteiger partial charge on any atom is 0.224 e. The van der Waals surface area contributed by atoms with Crippen LogP contribution < -0.4 is 5.32 Å². The highest BCUT2D eigenvalue weighted by atomic mass is 32.2. The number of hydrogen-bond donors (Lipinski definition) is 1. The van der Waals surface area contributed by atoms with Gasteiger partial charge in [0.25, 0.3) is 0 Å². The third-order valence-corrected chi connectivity index (χ3v) is 4.60. The minimum atomic E-state index is -0.0210. The second-order valence-corrected chi connectivity index (χ2v) is 6.83. The fraction of sp³-hybridized carbons (Fsp3) is 0.556. The molecule has 0 radical (unpaired) electrons. The van der Waals surface area contributed by atoms with Gasteiger partial charge in [0.1, 0.15) is 0 Å². The highest BCUT2D eigenvalue weighted by Crippen LogP contribution is 2.29. The molecule has 1 N–H and O–H groups in total. The monoisotopic (exact) mass is 321 g/mol. The summed E-state index contributed by atoms with van der Waals surface area (Å²) in [5.41, 5.74) is 0.736. The number of amides is 1. The molecule has 1 aromatic carbocycles. The first-order chi connectivity index (χ1) is 10.5. The standard InChI is InChI=1S/C18H27NO2S/c1-4-5-6-7-8-13-17(20)19-15-11-9-10-12-16(15)22-18(21)14(2)3/h9-12,14H,4-8,13H2,1-3H3,(H,19,20). The predicted octanol–water partition coefficient (Wildman–Crippen LogP) is 5.26. The minimum Gasteiger partial charge on any atom is -0.325 e. The highest BCUT2D eigenvalue weighted by Gasteiger charge is 2.13. The number of hydrogen-bond acceptors (Lipinski definition) is 3. The summed E-state index contributed by atoms with van der Waals surface area (Å²) in [4.78, 5) is 24.7. The largest absolute Gasteiger partial charge is 0.325 e. The molecule has 0 spiro atoms. The van der Waals surface area contributed by atoms with Crippen molar-refractivity contribution in [1.82, 2.24) is 0 Å². The molecule has 0 heterocycles. The molecule has 0 saturated heterocycles. The summed E-state index contributed by atoms with van der Waals surface area (Å²) < 4.78 is 0. The average Bonchev–Trinajstić information content (AvgIpc) is 2.49.